The van der Waals surface area contributed by atoms with Crippen molar-refractivity contribution in [2.45, 2.75) is 6.36 Å². The molecule has 0 amide bonds. The average molecular weight is 412 g/mol. The summed E-state index contributed by atoms with van der Waals surface area (Å²) in [5, 5.41) is 9.49. The van der Waals surface area contributed by atoms with E-state index in [0.717, 1.165) is 16.6 Å². The monoisotopic (exact) mass is 411 g/mol. The van der Waals surface area contributed by atoms with Crippen molar-refractivity contribution in [3.63, 3.8) is 0 Å². The number of alkyl halides is 3. The zero-order chi connectivity index (χ0) is 18.2. The molecule has 0 spiro atoms. The average Bonchev–Trinajstić information content (AvgIpc) is 2.53. The zero-order valence-corrected chi connectivity index (χ0v) is 13.9. The van der Waals surface area contributed by atoms with Gasteiger partial charge in [0.2, 0.25) is 0 Å². The van der Waals surface area contributed by atoms with Crippen LogP contribution < -0.4 is 4.74 Å². The summed E-state index contributed by atoms with van der Waals surface area (Å²) in [4.78, 5) is 15.9. The molecule has 0 saturated carbocycles. The third kappa shape index (κ3) is 3.90. The summed E-state index contributed by atoms with van der Waals surface area (Å²) in [6, 6.07) is 11.8. The predicted octanol–water partition coefficient (Wildman–Crippen LogP) is 5.26. The van der Waals surface area contributed by atoms with Crippen molar-refractivity contribution in [3.05, 3.63) is 58.6 Å². The molecule has 8 heteroatoms. The fourth-order valence-electron chi connectivity index (χ4n) is 2.35. The smallest absolute Gasteiger partial charge is 0.478 e. The van der Waals surface area contributed by atoms with Crippen LogP contribution in [0.1, 0.15) is 10.4 Å². The summed E-state index contributed by atoms with van der Waals surface area (Å²) in [5.41, 5.74) is 1.19. The Morgan fingerprint density at radius 3 is 2.36 bits per heavy atom. The van der Waals surface area contributed by atoms with Crippen LogP contribution in [0.15, 0.2) is 53.0 Å². The Bertz CT molecular complexity index is 956. The van der Waals surface area contributed by atoms with E-state index in [0.29, 0.717) is 11.3 Å². The lowest BCUT2D eigenvalue weighted by atomic mass is 10.0. The Kier molecular flexibility index (Phi) is 4.38. The van der Waals surface area contributed by atoms with Crippen LogP contribution in [0.3, 0.4) is 0 Å². The lowest BCUT2D eigenvalue weighted by Gasteiger charge is -2.11. The van der Waals surface area contributed by atoms with E-state index in [1.165, 1.54) is 12.1 Å². The standard InChI is InChI=1S/C17H9BrF3NO3/c18-10-3-1-9(2-4-10)15-8-13(16(23)24)12-7-11(25-17(19,20)21)5-6-14(12)22-15/h1-8H,(H,23,24). The van der Waals surface area contributed by atoms with Gasteiger partial charge in [0.25, 0.3) is 0 Å². The van der Waals surface area contributed by atoms with Gasteiger partial charge in [0.05, 0.1) is 16.8 Å². The second kappa shape index (κ2) is 6.36. The Morgan fingerprint density at radius 1 is 1.08 bits per heavy atom. The van der Waals surface area contributed by atoms with Gasteiger partial charge in [-0.05, 0) is 36.4 Å². The number of ether oxygens (including phenoxy) is 1. The van der Waals surface area contributed by atoms with Gasteiger partial charge < -0.3 is 9.84 Å². The van der Waals surface area contributed by atoms with Gasteiger partial charge in [-0.1, -0.05) is 28.1 Å². The first kappa shape index (κ1) is 17.2. The molecule has 25 heavy (non-hydrogen) atoms. The van der Waals surface area contributed by atoms with E-state index in [-0.39, 0.29) is 16.5 Å². The number of nitrogens with zero attached hydrogens (tertiary/aromatic N) is 1. The Hall–Kier alpha value is -2.61. The highest BCUT2D eigenvalue weighted by Crippen LogP contribution is 2.30. The third-order valence-corrected chi connectivity index (χ3v) is 3.91. The van der Waals surface area contributed by atoms with Gasteiger partial charge in [0.1, 0.15) is 5.75 Å². The van der Waals surface area contributed by atoms with Crippen molar-refractivity contribution in [1.82, 2.24) is 4.98 Å². The van der Waals surface area contributed by atoms with E-state index in [1.54, 1.807) is 24.3 Å². The van der Waals surface area contributed by atoms with Crippen LogP contribution in [-0.2, 0) is 0 Å². The number of hydrogen-bond donors (Lipinski definition) is 1. The molecular weight excluding hydrogens is 403 g/mol. The molecule has 0 fully saturated rings. The summed E-state index contributed by atoms with van der Waals surface area (Å²) in [7, 11) is 0. The van der Waals surface area contributed by atoms with Crippen molar-refractivity contribution in [1.29, 1.82) is 0 Å². The molecule has 1 aromatic heterocycles. The summed E-state index contributed by atoms with van der Waals surface area (Å²) in [6.07, 6.45) is -4.86. The first-order chi connectivity index (χ1) is 11.7. The molecule has 0 aliphatic carbocycles. The molecule has 3 aromatic rings. The second-order valence-corrected chi connectivity index (χ2v) is 6.01. The number of carbonyl (C=O) groups is 1. The molecule has 0 aliphatic heterocycles. The van der Waals surface area contributed by atoms with Crippen molar-refractivity contribution >= 4 is 32.8 Å². The lowest BCUT2D eigenvalue weighted by molar-refractivity contribution is -0.274. The van der Waals surface area contributed by atoms with E-state index in [1.807, 2.05) is 0 Å². The van der Waals surface area contributed by atoms with Gasteiger partial charge in [-0.3, -0.25) is 0 Å². The maximum Gasteiger partial charge on any atom is 0.573 e. The van der Waals surface area contributed by atoms with Crippen LogP contribution in [0, 0.1) is 0 Å². The van der Waals surface area contributed by atoms with Crippen LogP contribution in [0.5, 0.6) is 5.75 Å². The minimum Gasteiger partial charge on any atom is -0.478 e. The van der Waals surface area contributed by atoms with Crippen LogP contribution in [0.25, 0.3) is 22.2 Å². The first-order valence-electron chi connectivity index (χ1n) is 6.93. The number of hydrogen-bond acceptors (Lipinski definition) is 3. The molecule has 128 valence electrons. The molecule has 0 aliphatic rings. The van der Waals surface area contributed by atoms with Crippen LogP contribution >= 0.6 is 15.9 Å². The summed E-state index contributed by atoms with van der Waals surface area (Å²) in [5.74, 6) is -1.77. The van der Waals surface area contributed by atoms with Gasteiger partial charge in [0.15, 0.2) is 0 Å². The summed E-state index contributed by atoms with van der Waals surface area (Å²) < 4.78 is 41.8. The zero-order valence-electron chi connectivity index (χ0n) is 12.3. The maximum atomic E-state index is 12.4. The number of benzene rings is 2. The molecule has 3 rings (SSSR count). The van der Waals surface area contributed by atoms with E-state index < -0.39 is 18.1 Å². The molecule has 2 aromatic carbocycles. The van der Waals surface area contributed by atoms with Crippen molar-refractivity contribution in [3.8, 4) is 17.0 Å². The minimum atomic E-state index is -4.86. The van der Waals surface area contributed by atoms with Crippen molar-refractivity contribution in [2.75, 3.05) is 0 Å². The molecule has 0 atom stereocenters. The van der Waals surface area contributed by atoms with Gasteiger partial charge in [0, 0.05) is 15.4 Å². The molecule has 1 heterocycles. The molecule has 0 saturated heterocycles. The van der Waals surface area contributed by atoms with Gasteiger partial charge in [-0.25, -0.2) is 9.78 Å². The summed E-state index contributed by atoms with van der Waals surface area (Å²) in [6.45, 7) is 0. The number of fused-ring (bicyclic) bond motifs is 1. The predicted molar refractivity (Wildman–Crippen MR) is 88.5 cm³/mol. The number of carboxylic acids is 1. The van der Waals surface area contributed by atoms with E-state index in [2.05, 4.69) is 25.7 Å². The molecular formula is C17H9BrF3NO3. The lowest BCUT2D eigenvalue weighted by Crippen LogP contribution is -2.17. The Balaban J connectivity index is 2.16. The largest absolute Gasteiger partial charge is 0.573 e. The number of rotatable bonds is 3. The Labute approximate surface area is 148 Å². The first-order valence-corrected chi connectivity index (χ1v) is 7.72. The van der Waals surface area contributed by atoms with Crippen LogP contribution in [0.2, 0.25) is 0 Å². The number of aromatic carboxylic acids is 1. The van der Waals surface area contributed by atoms with E-state index >= 15 is 0 Å². The highest BCUT2D eigenvalue weighted by Gasteiger charge is 2.31. The van der Waals surface area contributed by atoms with Gasteiger partial charge >= 0.3 is 12.3 Å². The van der Waals surface area contributed by atoms with E-state index in [9.17, 15) is 23.1 Å². The minimum absolute atomic E-state index is 0.0649. The molecule has 4 nitrogen and oxygen atoms in total. The SMILES string of the molecule is O=C(O)c1cc(-c2ccc(Br)cc2)nc2ccc(OC(F)(F)F)cc12. The normalized spacial score (nSPS) is 11.5. The number of aromatic nitrogens is 1. The molecule has 0 radical (unpaired) electrons. The third-order valence-electron chi connectivity index (χ3n) is 3.38. The van der Waals surface area contributed by atoms with Gasteiger partial charge in [-0.2, -0.15) is 0 Å². The fraction of sp³-hybridized carbons (Fsp3) is 0.0588. The number of halogens is 4. The van der Waals surface area contributed by atoms with Gasteiger partial charge in [-0.15, -0.1) is 13.2 Å². The van der Waals surface area contributed by atoms with Crippen LogP contribution in [-0.4, -0.2) is 22.4 Å². The summed E-state index contributed by atoms with van der Waals surface area (Å²) >= 11 is 3.31. The number of carboxylic acid groups (broad SMARTS) is 1. The fourth-order valence-corrected chi connectivity index (χ4v) is 2.61. The highest BCUT2D eigenvalue weighted by atomic mass is 79.9. The molecule has 0 bridgehead atoms. The highest BCUT2D eigenvalue weighted by molar-refractivity contribution is 9.10. The van der Waals surface area contributed by atoms with Crippen LogP contribution in [0.4, 0.5) is 13.2 Å². The molecule has 1 N–H and O–H groups in total. The van der Waals surface area contributed by atoms with E-state index in [4.69, 9.17) is 0 Å². The van der Waals surface area contributed by atoms with Crippen molar-refractivity contribution < 1.29 is 27.8 Å². The number of pyridine rings is 1. The maximum absolute atomic E-state index is 12.4. The Morgan fingerprint density at radius 2 is 1.76 bits per heavy atom. The molecule has 0 unspecified atom stereocenters. The second-order valence-electron chi connectivity index (χ2n) is 5.09. The van der Waals surface area contributed by atoms with Crippen molar-refractivity contribution in [2.24, 2.45) is 0 Å². The topological polar surface area (TPSA) is 59.4 Å². The quantitative estimate of drug-likeness (QED) is 0.638.